The number of piperazine rings is 1. The molecular weight excluding hydrogens is 286 g/mol. The normalized spacial score (nSPS) is 19.6. The molecule has 0 spiro atoms. The van der Waals surface area contributed by atoms with Gasteiger partial charge in [0.2, 0.25) is 0 Å². The van der Waals surface area contributed by atoms with Crippen molar-refractivity contribution in [2.24, 2.45) is 7.05 Å². The maximum Gasteiger partial charge on any atom is 0.125 e. The molecule has 1 aliphatic rings. The highest BCUT2D eigenvalue weighted by Gasteiger charge is 2.28. The Morgan fingerprint density at radius 1 is 1.13 bits per heavy atom. The second-order valence-electron chi connectivity index (χ2n) is 6.35. The fourth-order valence-corrected chi connectivity index (χ4v) is 3.57. The minimum absolute atomic E-state index is 0.422. The van der Waals surface area contributed by atoms with Crippen molar-refractivity contribution in [3.05, 3.63) is 48.3 Å². The lowest BCUT2D eigenvalue weighted by atomic mass is 10.1. The van der Waals surface area contributed by atoms with Crippen LogP contribution in [-0.4, -0.2) is 50.5 Å². The molecule has 124 valence electrons. The van der Waals surface area contributed by atoms with Crippen LogP contribution in [0.3, 0.4) is 0 Å². The largest absolute Gasteiger partial charge is 0.337 e. The van der Waals surface area contributed by atoms with Crippen LogP contribution in [0, 0.1) is 0 Å². The molecule has 3 rings (SSSR count). The summed E-state index contributed by atoms with van der Waals surface area (Å²) in [5, 5.41) is 0. The van der Waals surface area contributed by atoms with Gasteiger partial charge in [0, 0.05) is 64.1 Å². The average molecular weight is 313 g/mol. The molecule has 0 amide bonds. The van der Waals surface area contributed by atoms with Gasteiger partial charge < -0.3 is 4.57 Å². The molecule has 1 aliphatic heterocycles. The van der Waals surface area contributed by atoms with Gasteiger partial charge in [0.05, 0.1) is 6.04 Å². The van der Waals surface area contributed by atoms with Gasteiger partial charge in [0.25, 0.3) is 0 Å². The summed E-state index contributed by atoms with van der Waals surface area (Å²) in [6, 6.07) is 5.05. The molecule has 0 saturated carbocycles. The predicted octanol–water partition coefficient (Wildman–Crippen LogP) is 2.65. The molecule has 2 aromatic rings. The number of imidazole rings is 1. The van der Waals surface area contributed by atoms with E-state index >= 15 is 0 Å². The van der Waals surface area contributed by atoms with Crippen molar-refractivity contribution in [1.82, 2.24) is 24.3 Å². The van der Waals surface area contributed by atoms with Gasteiger partial charge >= 0.3 is 0 Å². The molecule has 0 N–H and O–H groups in total. The van der Waals surface area contributed by atoms with E-state index in [0.29, 0.717) is 12.1 Å². The Hall–Kier alpha value is -1.72. The molecule has 1 fully saturated rings. The lowest BCUT2D eigenvalue weighted by Crippen LogP contribution is -2.48. The van der Waals surface area contributed by atoms with Crippen LogP contribution in [-0.2, 0) is 7.05 Å². The third-order valence-corrected chi connectivity index (χ3v) is 5.05. The number of aromatic nitrogens is 3. The number of hydrogen-bond acceptors (Lipinski definition) is 4. The third kappa shape index (κ3) is 3.46. The number of nitrogens with zero attached hydrogens (tertiary/aromatic N) is 5. The van der Waals surface area contributed by atoms with Crippen molar-refractivity contribution >= 4 is 0 Å². The fraction of sp³-hybridized carbons (Fsp3) is 0.556. The summed E-state index contributed by atoms with van der Waals surface area (Å²) < 4.78 is 2.15. The third-order valence-electron chi connectivity index (χ3n) is 5.05. The fourth-order valence-electron chi connectivity index (χ4n) is 3.57. The summed E-state index contributed by atoms with van der Waals surface area (Å²) in [7, 11) is 2.09. The van der Waals surface area contributed by atoms with Gasteiger partial charge in [-0.25, -0.2) is 4.98 Å². The second kappa shape index (κ2) is 7.23. The second-order valence-corrected chi connectivity index (χ2v) is 6.35. The molecule has 5 nitrogen and oxygen atoms in total. The zero-order chi connectivity index (χ0) is 16.2. The summed E-state index contributed by atoms with van der Waals surface area (Å²) in [6.45, 7) is 8.91. The highest BCUT2D eigenvalue weighted by Crippen LogP contribution is 2.26. The van der Waals surface area contributed by atoms with Crippen LogP contribution in [0.25, 0.3) is 0 Å². The van der Waals surface area contributed by atoms with Crippen molar-refractivity contribution < 1.29 is 0 Å². The van der Waals surface area contributed by atoms with E-state index in [2.05, 4.69) is 51.3 Å². The summed E-state index contributed by atoms with van der Waals surface area (Å²) in [5.74, 6) is 1.18. The molecule has 0 bridgehead atoms. The Morgan fingerprint density at radius 2 is 1.87 bits per heavy atom. The first-order chi connectivity index (χ1) is 11.2. The van der Waals surface area contributed by atoms with E-state index in [4.69, 9.17) is 0 Å². The minimum Gasteiger partial charge on any atom is -0.337 e. The predicted molar refractivity (Wildman–Crippen MR) is 92.0 cm³/mol. The van der Waals surface area contributed by atoms with Crippen molar-refractivity contribution in [3.8, 4) is 0 Å². The summed E-state index contributed by atoms with van der Waals surface area (Å²) in [5.41, 5.74) is 1.30. The zero-order valence-electron chi connectivity index (χ0n) is 14.4. The van der Waals surface area contributed by atoms with Crippen LogP contribution in [0.4, 0.5) is 0 Å². The molecule has 0 unspecified atom stereocenters. The standard InChI is InChI=1S/C18H27N5/c1-4-17(18-20-8-9-21(18)3)23-12-10-22(11-13-23)15(2)16-6-5-7-19-14-16/h5-9,14-15,17H,4,10-13H2,1-3H3/t15-,17+/m0/s1. The minimum atomic E-state index is 0.422. The summed E-state index contributed by atoms with van der Waals surface area (Å²) in [6.07, 6.45) is 8.87. The van der Waals surface area contributed by atoms with E-state index in [1.807, 2.05) is 30.9 Å². The van der Waals surface area contributed by atoms with Crippen LogP contribution in [0.1, 0.15) is 43.7 Å². The van der Waals surface area contributed by atoms with Crippen LogP contribution in [0.5, 0.6) is 0 Å². The Labute approximate surface area is 139 Å². The lowest BCUT2D eigenvalue weighted by Gasteiger charge is -2.41. The highest BCUT2D eigenvalue weighted by molar-refractivity contribution is 5.13. The van der Waals surface area contributed by atoms with Crippen LogP contribution in [0.2, 0.25) is 0 Å². The summed E-state index contributed by atoms with van der Waals surface area (Å²) in [4.78, 5) is 13.9. The molecule has 0 radical (unpaired) electrons. The van der Waals surface area contributed by atoms with Crippen LogP contribution >= 0.6 is 0 Å². The van der Waals surface area contributed by atoms with Crippen molar-refractivity contribution in [2.45, 2.75) is 32.4 Å². The van der Waals surface area contributed by atoms with Crippen molar-refractivity contribution in [1.29, 1.82) is 0 Å². The number of aryl methyl sites for hydroxylation is 1. The average Bonchev–Trinajstić information content (AvgIpc) is 3.02. The van der Waals surface area contributed by atoms with Crippen molar-refractivity contribution in [3.63, 3.8) is 0 Å². The van der Waals surface area contributed by atoms with Crippen LogP contribution in [0.15, 0.2) is 36.9 Å². The zero-order valence-corrected chi connectivity index (χ0v) is 14.4. The number of hydrogen-bond donors (Lipinski definition) is 0. The molecule has 0 aliphatic carbocycles. The van der Waals surface area contributed by atoms with E-state index in [1.165, 1.54) is 11.4 Å². The SMILES string of the molecule is CC[C@H](c1nccn1C)N1CCN([C@@H](C)c2cccnc2)CC1. The van der Waals surface area contributed by atoms with Gasteiger partial charge in [-0.2, -0.15) is 0 Å². The van der Waals surface area contributed by atoms with Gasteiger partial charge in [0.1, 0.15) is 5.82 Å². The van der Waals surface area contributed by atoms with E-state index in [0.717, 1.165) is 32.6 Å². The molecule has 2 aromatic heterocycles. The maximum atomic E-state index is 4.56. The number of rotatable bonds is 5. The van der Waals surface area contributed by atoms with Crippen LogP contribution < -0.4 is 0 Å². The molecule has 0 aromatic carbocycles. The Bertz CT molecular complexity index is 601. The van der Waals surface area contributed by atoms with Gasteiger partial charge in [-0.3, -0.25) is 14.8 Å². The molecule has 1 saturated heterocycles. The van der Waals surface area contributed by atoms with Gasteiger partial charge in [-0.15, -0.1) is 0 Å². The molecule has 3 heterocycles. The first kappa shape index (κ1) is 16.1. The summed E-state index contributed by atoms with van der Waals surface area (Å²) >= 11 is 0. The molecule has 23 heavy (non-hydrogen) atoms. The quantitative estimate of drug-likeness (QED) is 0.850. The first-order valence-electron chi connectivity index (χ1n) is 8.56. The topological polar surface area (TPSA) is 37.2 Å². The molecule has 2 atom stereocenters. The van der Waals surface area contributed by atoms with Gasteiger partial charge in [0.15, 0.2) is 0 Å². The van der Waals surface area contributed by atoms with Gasteiger partial charge in [-0.1, -0.05) is 13.0 Å². The number of pyridine rings is 1. The van der Waals surface area contributed by atoms with E-state index in [9.17, 15) is 0 Å². The smallest absolute Gasteiger partial charge is 0.125 e. The first-order valence-corrected chi connectivity index (χ1v) is 8.56. The Morgan fingerprint density at radius 3 is 2.43 bits per heavy atom. The Kier molecular flexibility index (Phi) is 5.08. The van der Waals surface area contributed by atoms with E-state index < -0.39 is 0 Å². The maximum absolute atomic E-state index is 4.56. The molecule has 5 heteroatoms. The van der Waals surface area contributed by atoms with Crippen molar-refractivity contribution in [2.75, 3.05) is 26.2 Å². The lowest BCUT2D eigenvalue weighted by molar-refractivity contribution is 0.0678. The monoisotopic (exact) mass is 313 g/mol. The Balaban J connectivity index is 1.63. The molecular formula is C18H27N5. The van der Waals surface area contributed by atoms with E-state index in [1.54, 1.807) is 0 Å². The van der Waals surface area contributed by atoms with Gasteiger partial charge in [-0.05, 0) is 25.0 Å². The highest BCUT2D eigenvalue weighted by atomic mass is 15.3. The van der Waals surface area contributed by atoms with E-state index in [-0.39, 0.29) is 0 Å².